The number of likely N-dealkylation sites (tertiary alicyclic amines) is 1. The van der Waals surface area contributed by atoms with Gasteiger partial charge in [0, 0.05) is 43.5 Å². The molecule has 3 aliphatic heterocycles. The maximum absolute atomic E-state index is 14.6. The number of unbranched alkanes of at least 4 members (excludes halogenated alkanes) is 2. The van der Waals surface area contributed by atoms with E-state index in [1.807, 2.05) is 58.0 Å². The van der Waals surface area contributed by atoms with Gasteiger partial charge in [-0.2, -0.15) is 0 Å². The summed E-state index contributed by atoms with van der Waals surface area (Å²) < 4.78 is 13.0. The van der Waals surface area contributed by atoms with Crippen LogP contribution in [0.3, 0.4) is 0 Å². The van der Waals surface area contributed by atoms with E-state index >= 15 is 0 Å². The van der Waals surface area contributed by atoms with Crippen LogP contribution in [0.4, 0.5) is 0 Å². The van der Waals surface area contributed by atoms with Crippen LogP contribution in [0.5, 0.6) is 0 Å². The molecule has 1 aromatic rings. The predicted octanol–water partition coefficient (Wildman–Crippen LogP) is 4.81. The summed E-state index contributed by atoms with van der Waals surface area (Å²) in [5, 5.41) is 9.36. The van der Waals surface area contributed by atoms with E-state index < -0.39 is 53.2 Å². The van der Waals surface area contributed by atoms with Crippen molar-refractivity contribution < 1.29 is 33.8 Å². The van der Waals surface area contributed by atoms with E-state index in [1.165, 1.54) is 0 Å². The van der Waals surface area contributed by atoms with Crippen molar-refractivity contribution in [2.75, 3.05) is 26.7 Å². The van der Waals surface area contributed by atoms with Crippen molar-refractivity contribution in [3.63, 3.8) is 0 Å². The molecule has 0 saturated carbocycles. The van der Waals surface area contributed by atoms with Crippen LogP contribution in [0.15, 0.2) is 55.6 Å². The molecule has 0 aromatic heterocycles. The Balaban J connectivity index is 1.71. The number of benzene rings is 1. The van der Waals surface area contributed by atoms with Gasteiger partial charge in [-0.1, -0.05) is 58.4 Å². The number of carbonyl (C=O) groups excluding carboxylic acids is 4. The number of nitrogens with zero attached hydrogens (tertiary/aromatic N) is 3. The molecule has 3 saturated heterocycles. The van der Waals surface area contributed by atoms with Crippen LogP contribution in [0.1, 0.15) is 77.9 Å². The van der Waals surface area contributed by atoms with Gasteiger partial charge in [0.2, 0.25) is 17.7 Å². The Morgan fingerprint density at radius 1 is 1.17 bits per heavy atom. The molecule has 3 amide bonds. The molecule has 8 atom stereocenters. The number of halogens is 1. The van der Waals surface area contributed by atoms with Gasteiger partial charge in [-0.3, -0.25) is 19.2 Å². The van der Waals surface area contributed by atoms with Crippen LogP contribution in [0.25, 0.3) is 0 Å². The van der Waals surface area contributed by atoms with Crippen molar-refractivity contribution in [3.8, 4) is 0 Å². The molecule has 48 heavy (non-hydrogen) atoms. The van der Waals surface area contributed by atoms with Crippen LogP contribution in [0, 0.1) is 11.8 Å². The molecule has 11 heteroatoms. The Morgan fingerprint density at radius 3 is 2.46 bits per heavy atom. The van der Waals surface area contributed by atoms with E-state index in [4.69, 9.17) is 9.47 Å². The Hall–Kier alpha value is -3.02. The summed E-state index contributed by atoms with van der Waals surface area (Å²) in [6.07, 6.45) is 4.92. The molecule has 1 spiro atoms. The van der Waals surface area contributed by atoms with E-state index in [0.29, 0.717) is 38.6 Å². The third-order valence-electron chi connectivity index (χ3n) is 10.1. The number of rotatable bonds is 16. The number of esters is 1. The molecule has 1 aromatic carbocycles. The minimum absolute atomic E-state index is 0.0417. The zero-order chi connectivity index (χ0) is 35.4. The molecule has 1 N–H and O–H groups in total. The Kier molecular flexibility index (Phi) is 12.3. The average molecular weight is 731 g/mol. The van der Waals surface area contributed by atoms with Crippen LogP contribution in [-0.2, 0) is 28.7 Å². The monoisotopic (exact) mass is 729 g/mol. The quantitative estimate of drug-likeness (QED) is 0.112. The zero-order valence-electron chi connectivity index (χ0n) is 29.0. The number of fused-ring (bicyclic) bond motifs is 1. The fourth-order valence-electron chi connectivity index (χ4n) is 7.58. The predicted molar refractivity (Wildman–Crippen MR) is 187 cm³/mol. The lowest BCUT2D eigenvalue weighted by molar-refractivity contribution is -0.164. The molecule has 0 radical (unpaired) electrons. The van der Waals surface area contributed by atoms with Crippen LogP contribution in [-0.4, -0.2) is 104 Å². The fraction of sp³-hybridized carbons (Fsp3) is 0.622. The minimum Gasteiger partial charge on any atom is -0.455 e. The number of hydrogen-bond acceptors (Lipinski definition) is 7. The van der Waals surface area contributed by atoms with Gasteiger partial charge in [-0.25, -0.2) is 0 Å². The molecule has 10 nitrogen and oxygen atoms in total. The topological polar surface area (TPSA) is 117 Å². The number of aliphatic hydroxyl groups is 1. The normalized spacial score (nSPS) is 27.3. The molecular weight excluding hydrogens is 678 g/mol. The zero-order valence-corrected chi connectivity index (χ0v) is 30.6. The maximum atomic E-state index is 14.6. The lowest BCUT2D eigenvalue weighted by Crippen LogP contribution is -2.60. The second-order valence-corrected chi connectivity index (χ2v) is 15.4. The average Bonchev–Trinajstić information content (AvgIpc) is 3.65. The highest BCUT2D eigenvalue weighted by Gasteiger charge is 2.77. The molecule has 2 bridgehead atoms. The highest BCUT2D eigenvalue weighted by atomic mass is 79.9. The van der Waals surface area contributed by atoms with Crippen LogP contribution < -0.4 is 0 Å². The van der Waals surface area contributed by atoms with Gasteiger partial charge in [0.05, 0.1) is 24.0 Å². The van der Waals surface area contributed by atoms with Crippen molar-refractivity contribution >= 4 is 39.6 Å². The third kappa shape index (κ3) is 7.28. The SMILES string of the molecule is C=CCCC(=O)N(C)[C@@H](C)[C@@H](OC(=O)[C@@H]1[C@H]2O[C@@]3(CC2Br)[C@H](C(=O)N(CC=C)C(C)(C)C)N(CCCCCO)C(=O)[C@@H]13)c1ccccc1. The van der Waals surface area contributed by atoms with Gasteiger partial charge < -0.3 is 29.3 Å². The molecule has 3 fully saturated rings. The van der Waals surface area contributed by atoms with Crippen molar-refractivity contribution in [2.45, 2.75) is 106 Å². The fourth-order valence-corrected chi connectivity index (χ4v) is 8.53. The van der Waals surface area contributed by atoms with Crippen molar-refractivity contribution in [3.05, 3.63) is 61.2 Å². The van der Waals surface area contributed by atoms with Gasteiger partial charge in [0.15, 0.2) is 0 Å². The number of alkyl halides is 1. The Bertz CT molecular complexity index is 1350. The highest BCUT2D eigenvalue weighted by Crippen LogP contribution is 2.60. The summed E-state index contributed by atoms with van der Waals surface area (Å²) in [4.78, 5) is 61.2. The van der Waals surface area contributed by atoms with E-state index in [2.05, 4.69) is 29.1 Å². The van der Waals surface area contributed by atoms with Gasteiger partial charge in [-0.05, 0) is 65.4 Å². The lowest BCUT2D eigenvalue weighted by atomic mass is 9.70. The first-order valence-corrected chi connectivity index (χ1v) is 17.9. The summed E-state index contributed by atoms with van der Waals surface area (Å²) in [5.74, 6) is -3.12. The summed E-state index contributed by atoms with van der Waals surface area (Å²) >= 11 is 3.75. The number of ether oxygens (including phenoxy) is 2. The molecule has 1 unspecified atom stereocenters. The van der Waals surface area contributed by atoms with Gasteiger partial charge in [0.1, 0.15) is 17.7 Å². The van der Waals surface area contributed by atoms with Crippen LogP contribution in [0.2, 0.25) is 0 Å². The summed E-state index contributed by atoms with van der Waals surface area (Å²) in [5.41, 5.74) is -1.08. The first-order chi connectivity index (χ1) is 22.7. The Morgan fingerprint density at radius 2 is 1.85 bits per heavy atom. The van der Waals surface area contributed by atoms with Gasteiger partial charge >= 0.3 is 5.97 Å². The van der Waals surface area contributed by atoms with Gasteiger partial charge in [-0.15, -0.1) is 13.2 Å². The van der Waals surface area contributed by atoms with E-state index in [-0.39, 0.29) is 42.1 Å². The molecule has 4 rings (SSSR count). The first-order valence-electron chi connectivity index (χ1n) is 17.0. The second-order valence-electron chi connectivity index (χ2n) is 14.2. The smallest absolute Gasteiger partial charge is 0.313 e. The van der Waals surface area contributed by atoms with Crippen molar-refractivity contribution in [2.24, 2.45) is 11.8 Å². The largest absolute Gasteiger partial charge is 0.455 e. The molecule has 264 valence electrons. The van der Waals surface area contributed by atoms with E-state index in [0.717, 1.165) is 5.56 Å². The maximum Gasteiger partial charge on any atom is 0.313 e. The lowest BCUT2D eigenvalue weighted by Gasteiger charge is -2.42. The summed E-state index contributed by atoms with van der Waals surface area (Å²) in [6.45, 7) is 15.9. The number of hydrogen-bond donors (Lipinski definition) is 1. The van der Waals surface area contributed by atoms with E-state index in [1.54, 1.807) is 33.9 Å². The number of amides is 3. The number of allylic oxidation sites excluding steroid dienone is 1. The van der Waals surface area contributed by atoms with Crippen molar-refractivity contribution in [1.29, 1.82) is 0 Å². The van der Waals surface area contributed by atoms with Crippen molar-refractivity contribution in [1.82, 2.24) is 14.7 Å². The molecule has 3 heterocycles. The number of aliphatic hydroxyl groups excluding tert-OH is 1. The Labute approximate surface area is 293 Å². The molecule has 0 aliphatic carbocycles. The van der Waals surface area contributed by atoms with E-state index in [9.17, 15) is 24.3 Å². The van der Waals surface area contributed by atoms with Crippen LogP contribution >= 0.6 is 15.9 Å². The molecular formula is C37H52BrN3O7. The summed E-state index contributed by atoms with van der Waals surface area (Å²) in [6, 6.07) is 7.82. The summed E-state index contributed by atoms with van der Waals surface area (Å²) in [7, 11) is 1.69. The second kappa shape index (κ2) is 15.7. The minimum atomic E-state index is -1.23. The highest BCUT2D eigenvalue weighted by molar-refractivity contribution is 9.09. The number of carbonyl (C=O) groups is 4. The molecule has 3 aliphatic rings. The number of likely N-dealkylation sites (N-methyl/N-ethyl adjacent to an activating group) is 1. The standard InChI is InChI=1S/C37H52BrN3O7/c1-8-10-19-27(43)39(7)24(3)30(25-17-13-11-14-18-25)47-35(46)28-29-33(44)40(21-15-12-16-22-42)32(37(29)23-26(38)31(28)48-37)34(45)41(20-9-2)36(4,5)6/h8-9,11,13-14,17-18,24,26,28-32,42H,1-2,10,12,15-16,19-23H2,3-7H3/t24-,26?,28-,29+,30+,31-,32-,37+/m0/s1. The first kappa shape index (κ1) is 37.8. The van der Waals surface area contributed by atoms with Gasteiger partial charge in [0.25, 0.3) is 0 Å². The third-order valence-corrected chi connectivity index (χ3v) is 11.0.